The smallest absolute Gasteiger partial charge is 0.352 e. The normalized spacial score (nSPS) is 22.0. The van der Waals surface area contributed by atoms with Crippen molar-refractivity contribution in [2.24, 2.45) is 0 Å². The number of carbonyl (C=O) groups excluding carboxylic acids is 5. The highest BCUT2D eigenvalue weighted by Gasteiger charge is 2.66. The number of thioether (sulfide) groups is 2. The van der Waals surface area contributed by atoms with Gasteiger partial charge in [-0.25, -0.2) is 14.3 Å². The van der Waals surface area contributed by atoms with E-state index < -0.39 is 52.7 Å². The summed E-state index contributed by atoms with van der Waals surface area (Å²) >= 11 is 2.99. The van der Waals surface area contributed by atoms with Gasteiger partial charge in [0, 0.05) is 36.5 Å². The summed E-state index contributed by atoms with van der Waals surface area (Å²) in [6, 6.07) is -2.71. The number of carbonyl (C=O) groups is 6. The van der Waals surface area contributed by atoms with Crippen molar-refractivity contribution < 1.29 is 44.2 Å². The minimum atomic E-state index is -2.21. The van der Waals surface area contributed by atoms with Crippen LogP contribution in [-0.2, 0) is 30.5 Å². The lowest BCUT2D eigenvalue weighted by Gasteiger charge is -2.56. The van der Waals surface area contributed by atoms with Crippen LogP contribution in [0, 0.1) is 0 Å². The van der Waals surface area contributed by atoms with E-state index in [4.69, 9.17) is 0 Å². The molecule has 0 bridgehead atoms. The van der Waals surface area contributed by atoms with E-state index in [1.54, 1.807) is 12.4 Å². The monoisotopic (exact) mass is 698 g/mol. The Hall–Kier alpha value is -4.23. The number of aromatic nitrogens is 6. The number of hydrogen-bond acceptors (Lipinski definition) is 17. The Labute approximate surface area is 270 Å². The third kappa shape index (κ3) is 5.89. The molecule has 0 saturated carbocycles. The molecule has 2 saturated heterocycles. The number of hydroxylamine groups is 1. The summed E-state index contributed by atoms with van der Waals surface area (Å²) in [5.74, 6) is -5.33. The molecule has 0 spiro atoms. The number of rotatable bonds is 12. The lowest BCUT2D eigenvalue weighted by atomic mass is 9.95. The van der Waals surface area contributed by atoms with Crippen LogP contribution < -0.4 is 16.1 Å². The summed E-state index contributed by atoms with van der Waals surface area (Å²) in [6.45, 7) is 1.79. The second-order valence-electron chi connectivity index (χ2n) is 9.76. The van der Waals surface area contributed by atoms with Crippen LogP contribution in [0.3, 0.4) is 0 Å². The maximum Gasteiger partial charge on any atom is 0.352 e. The zero-order valence-electron chi connectivity index (χ0n) is 23.7. The quantitative estimate of drug-likeness (QED) is 0.0418. The number of aliphatic carboxylic acids is 1. The van der Waals surface area contributed by atoms with E-state index in [1.165, 1.54) is 15.0 Å². The fourth-order valence-corrected chi connectivity index (χ4v) is 7.81. The molecule has 21 nitrogen and oxygen atoms in total. The Morgan fingerprint density at radius 1 is 1.20 bits per heavy atom. The highest BCUT2D eigenvalue weighted by molar-refractivity contribution is 8.01. The molecule has 3 aliphatic rings. The third-order valence-corrected chi connectivity index (χ3v) is 10.1. The molecule has 46 heavy (non-hydrogen) atoms. The number of nitrogens with one attached hydrogen (secondary N) is 3. The van der Waals surface area contributed by atoms with Crippen molar-refractivity contribution in [1.29, 1.82) is 0 Å². The van der Waals surface area contributed by atoms with Gasteiger partial charge < -0.3 is 31.0 Å². The first kappa shape index (κ1) is 33.1. The van der Waals surface area contributed by atoms with Crippen molar-refractivity contribution in [2.45, 2.75) is 35.7 Å². The molecular formula is C22H26N12O9S3. The number of β-lactam (4-membered cyclic amide) rings is 1. The molecule has 2 aromatic heterocycles. The number of likely N-dealkylation sites (N-methyl/N-ethyl adjacent to an activating group) is 1. The van der Waals surface area contributed by atoms with Gasteiger partial charge in [-0.2, -0.15) is 5.48 Å². The number of piperazine rings is 1. The van der Waals surface area contributed by atoms with Crippen molar-refractivity contribution in [1.82, 2.24) is 60.6 Å². The molecule has 1 unspecified atom stereocenters. The van der Waals surface area contributed by atoms with Crippen molar-refractivity contribution in [3.63, 3.8) is 0 Å². The minimum Gasteiger partial charge on any atom is -0.477 e. The topological polar surface area (TPSA) is 278 Å². The first-order chi connectivity index (χ1) is 22.1. The van der Waals surface area contributed by atoms with Crippen LogP contribution in [0.5, 0.6) is 0 Å². The molecule has 5 heterocycles. The maximum absolute atomic E-state index is 13.6. The number of hydrogen-bond donors (Lipinski definition) is 6. The predicted octanol–water partition coefficient (Wildman–Crippen LogP) is -3.20. The van der Waals surface area contributed by atoms with E-state index in [-0.39, 0.29) is 55.7 Å². The standard InChI is InChI=1S/C22H26N12O9S3/c1-2-31-3-4-32(16(38)15(31)37)20(42)23-12(11-9-46-30-25-11)14(36)24-22(27-43)18(41)34-13(17(39)40)10(7-44-19(22)34)8-45-21-26-28-29-33(21)5-6-35/h9,12,19,27,35,43H,2-8H2,1H3,(H,23,42)(H,24,36)(H,39,40)/t12?,19-,22-/m0/s1. The van der Waals surface area contributed by atoms with Crippen LogP contribution in [0.2, 0.25) is 0 Å². The number of urea groups is 1. The van der Waals surface area contributed by atoms with Gasteiger partial charge in [-0.1, -0.05) is 16.3 Å². The van der Waals surface area contributed by atoms with Crippen LogP contribution in [0.25, 0.3) is 0 Å². The van der Waals surface area contributed by atoms with Gasteiger partial charge in [-0.15, -0.1) is 22.0 Å². The van der Waals surface area contributed by atoms with Crippen LogP contribution in [0.1, 0.15) is 18.7 Å². The number of aliphatic hydroxyl groups is 1. The molecule has 0 radical (unpaired) electrons. The fraction of sp³-hybridized carbons (Fsp3) is 0.500. The van der Waals surface area contributed by atoms with Crippen molar-refractivity contribution in [3.8, 4) is 0 Å². The molecule has 5 rings (SSSR count). The van der Waals surface area contributed by atoms with E-state index in [1.807, 2.05) is 0 Å². The van der Waals surface area contributed by atoms with Gasteiger partial charge in [0.15, 0.2) is 6.04 Å². The summed E-state index contributed by atoms with van der Waals surface area (Å²) in [5, 5.41) is 49.6. The zero-order chi connectivity index (χ0) is 33.2. The number of imide groups is 1. The summed E-state index contributed by atoms with van der Waals surface area (Å²) in [6.07, 6.45) is 0. The highest BCUT2D eigenvalue weighted by Crippen LogP contribution is 2.45. The SMILES string of the molecule is CCN1CCN(C(=O)NC(C(=O)N[C@]2(NO)C(=O)N3C(C(=O)O)=C(CSc4nnnn4CCO)CS[C@H]32)c2csnn2)C(=O)C1=O. The minimum absolute atomic E-state index is 0.0659. The predicted molar refractivity (Wildman–Crippen MR) is 154 cm³/mol. The number of nitrogens with zero attached hydrogens (tertiary/aromatic N) is 9. The van der Waals surface area contributed by atoms with E-state index in [2.05, 4.69) is 35.7 Å². The second-order valence-corrected chi connectivity index (χ2v) is 12.4. The van der Waals surface area contributed by atoms with Crippen LogP contribution in [0.4, 0.5) is 4.79 Å². The molecule has 6 N–H and O–H groups in total. The summed E-state index contributed by atoms with van der Waals surface area (Å²) in [4.78, 5) is 80.3. The molecule has 2 fully saturated rings. The molecule has 24 heteroatoms. The van der Waals surface area contributed by atoms with Gasteiger partial charge in [0.25, 0.3) is 11.8 Å². The first-order valence-electron chi connectivity index (χ1n) is 13.4. The molecule has 3 atom stereocenters. The lowest BCUT2D eigenvalue weighted by molar-refractivity contribution is -0.171. The number of carboxylic acid groups (broad SMARTS) is 1. The van der Waals surface area contributed by atoms with E-state index >= 15 is 0 Å². The molecule has 3 aliphatic heterocycles. The van der Waals surface area contributed by atoms with Gasteiger partial charge in [0.1, 0.15) is 16.8 Å². The Balaban J connectivity index is 1.34. The zero-order valence-corrected chi connectivity index (χ0v) is 26.2. The van der Waals surface area contributed by atoms with Crippen LogP contribution in [-0.4, -0.2) is 144 Å². The largest absolute Gasteiger partial charge is 0.477 e. The molecule has 246 valence electrons. The van der Waals surface area contributed by atoms with Crippen molar-refractivity contribution >= 4 is 70.7 Å². The maximum atomic E-state index is 13.6. The fourth-order valence-electron chi connectivity index (χ4n) is 4.87. The average Bonchev–Trinajstić information content (AvgIpc) is 3.74. The molecule has 2 aromatic rings. The van der Waals surface area contributed by atoms with Gasteiger partial charge >= 0.3 is 23.8 Å². The van der Waals surface area contributed by atoms with Gasteiger partial charge in [-0.05, 0) is 34.5 Å². The lowest BCUT2D eigenvalue weighted by Crippen LogP contribution is -2.85. The van der Waals surface area contributed by atoms with Gasteiger partial charge in [0.2, 0.25) is 10.8 Å². The number of fused-ring (bicyclic) bond motifs is 1. The number of tetrazole rings is 1. The van der Waals surface area contributed by atoms with E-state index in [0.29, 0.717) is 15.6 Å². The Morgan fingerprint density at radius 2 is 1.98 bits per heavy atom. The molecule has 6 amide bonds. The summed E-state index contributed by atoms with van der Waals surface area (Å²) in [7, 11) is 0. The molecule has 0 aromatic carbocycles. The van der Waals surface area contributed by atoms with Crippen LogP contribution >= 0.6 is 35.1 Å². The number of amides is 6. The summed E-state index contributed by atoms with van der Waals surface area (Å²) < 4.78 is 5.02. The van der Waals surface area contributed by atoms with Gasteiger partial charge in [0.05, 0.1) is 13.2 Å². The molecular weight excluding hydrogens is 673 g/mol. The number of carboxylic acids is 1. The van der Waals surface area contributed by atoms with Crippen molar-refractivity contribution in [2.75, 3.05) is 37.7 Å². The van der Waals surface area contributed by atoms with Gasteiger partial charge in [-0.3, -0.25) is 29.0 Å². The van der Waals surface area contributed by atoms with E-state index in [0.717, 1.165) is 40.0 Å². The highest BCUT2D eigenvalue weighted by atomic mass is 32.2. The van der Waals surface area contributed by atoms with Crippen LogP contribution in [0.15, 0.2) is 21.8 Å². The second kappa shape index (κ2) is 13.6. The van der Waals surface area contributed by atoms with Crippen molar-refractivity contribution in [3.05, 3.63) is 22.3 Å². The Morgan fingerprint density at radius 3 is 2.63 bits per heavy atom. The summed E-state index contributed by atoms with van der Waals surface area (Å²) in [5.41, 5.74) is -0.488. The Kier molecular flexibility index (Phi) is 9.82. The van der Waals surface area contributed by atoms with E-state index in [9.17, 15) is 44.2 Å². The Bertz CT molecular complexity index is 1590. The molecule has 0 aliphatic carbocycles. The third-order valence-electron chi connectivity index (χ3n) is 7.18. The number of aliphatic hydroxyl groups excluding tert-OH is 1. The first-order valence-corrected chi connectivity index (χ1v) is 16.3. The average molecular weight is 699 g/mol.